The second kappa shape index (κ2) is 5.85. The maximum Gasteiger partial charge on any atom is 0.112 e. The Balaban J connectivity index is 2.32. The van der Waals surface area contributed by atoms with Crippen LogP contribution in [0.25, 0.3) is 0 Å². The highest BCUT2D eigenvalue weighted by Gasteiger charge is 2.23. The first-order valence-corrected chi connectivity index (χ1v) is 6.94. The zero-order chi connectivity index (χ0) is 13.1. The lowest BCUT2D eigenvalue weighted by atomic mass is 10.1. The minimum atomic E-state index is 0.469. The predicted molar refractivity (Wildman–Crippen MR) is 72.9 cm³/mol. The largest absolute Gasteiger partial charge is 0.385 e. The smallest absolute Gasteiger partial charge is 0.112 e. The molecule has 4 nitrogen and oxygen atoms in total. The van der Waals surface area contributed by atoms with Crippen LogP contribution in [0.5, 0.6) is 0 Å². The second-order valence-corrected chi connectivity index (χ2v) is 5.45. The normalized spacial score (nSPS) is 16.9. The molecule has 1 aliphatic heterocycles. The number of methoxy groups -OCH3 is 1. The Labute approximate surface area is 110 Å². The summed E-state index contributed by atoms with van der Waals surface area (Å²) < 4.78 is 7.67. The number of imidazole rings is 1. The van der Waals surface area contributed by atoms with Gasteiger partial charge in [0.15, 0.2) is 0 Å². The number of nitrogens with zero attached hydrogens (tertiary/aromatic N) is 2. The van der Waals surface area contributed by atoms with Crippen molar-refractivity contribution in [3.63, 3.8) is 0 Å². The van der Waals surface area contributed by atoms with Gasteiger partial charge in [-0.3, -0.25) is 0 Å². The number of aromatic nitrogens is 2. The van der Waals surface area contributed by atoms with Crippen LogP contribution in [-0.4, -0.2) is 29.8 Å². The van der Waals surface area contributed by atoms with Crippen molar-refractivity contribution in [2.24, 2.45) is 0 Å². The van der Waals surface area contributed by atoms with Crippen LogP contribution in [0.3, 0.4) is 0 Å². The number of nitrogens with one attached hydrogen (secondary N) is 1. The highest BCUT2D eigenvalue weighted by atomic mass is 16.5. The van der Waals surface area contributed by atoms with Gasteiger partial charge in [0.2, 0.25) is 0 Å². The Kier molecular flexibility index (Phi) is 4.40. The average Bonchev–Trinajstić information content (AvgIpc) is 2.75. The molecule has 0 saturated carbocycles. The number of ether oxygens (including phenoxy) is 1. The molecule has 1 N–H and O–H groups in total. The maximum absolute atomic E-state index is 5.21. The van der Waals surface area contributed by atoms with Crippen molar-refractivity contribution in [3.05, 3.63) is 17.2 Å². The van der Waals surface area contributed by atoms with Crippen molar-refractivity contribution < 1.29 is 4.74 Å². The molecule has 1 atom stereocenters. The van der Waals surface area contributed by atoms with Gasteiger partial charge in [0.1, 0.15) is 5.82 Å². The van der Waals surface area contributed by atoms with Crippen molar-refractivity contribution in [2.45, 2.75) is 52.1 Å². The SMILES string of the molecule is COCCC(C)n1c(C(C)C)nc2c1CCNC2. The molecular formula is C14H25N3O. The van der Waals surface area contributed by atoms with Gasteiger partial charge >= 0.3 is 0 Å². The lowest BCUT2D eigenvalue weighted by molar-refractivity contribution is 0.179. The summed E-state index contributed by atoms with van der Waals surface area (Å²) in [5.74, 6) is 1.70. The summed E-state index contributed by atoms with van der Waals surface area (Å²) in [6.45, 7) is 9.51. The number of hydrogen-bond acceptors (Lipinski definition) is 3. The van der Waals surface area contributed by atoms with E-state index in [2.05, 4.69) is 30.7 Å². The Morgan fingerprint density at radius 2 is 2.17 bits per heavy atom. The summed E-state index contributed by atoms with van der Waals surface area (Å²) in [6.07, 6.45) is 2.14. The van der Waals surface area contributed by atoms with E-state index in [9.17, 15) is 0 Å². The van der Waals surface area contributed by atoms with Crippen LogP contribution in [-0.2, 0) is 17.7 Å². The van der Waals surface area contributed by atoms with Gasteiger partial charge in [-0.2, -0.15) is 0 Å². The Hall–Kier alpha value is -0.870. The molecule has 1 aliphatic rings. The van der Waals surface area contributed by atoms with E-state index in [4.69, 9.17) is 9.72 Å². The van der Waals surface area contributed by atoms with Crippen LogP contribution in [0, 0.1) is 0 Å². The van der Waals surface area contributed by atoms with Gasteiger partial charge in [0, 0.05) is 50.9 Å². The summed E-state index contributed by atoms with van der Waals surface area (Å²) in [5.41, 5.74) is 2.68. The summed E-state index contributed by atoms with van der Waals surface area (Å²) in [4.78, 5) is 4.84. The topological polar surface area (TPSA) is 39.1 Å². The van der Waals surface area contributed by atoms with E-state index in [1.54, 1.807) is 7.11 Å². The molecule has 4 heteroatoms. The molecule has 1 aromatic heterocycles. The molecule has 2 rings (SSSR count). The van der Waals surface area contributed by atoms with E-state index in [0.717, 1.165) is 32.5 Å². The van der Waals surface area contributed by atoms with Gasteiger partial charge in [-0.1, -0.05) is 13.8 Å². The number of hydrogen-bond donors (Lipinski definition) is 1. The van der Waals surface area contributed by atoms with Crippen molar-refractivity contribution in [2.75, 3.05) is 20.3 Å². The first-order valence-electron chi connectivity index (χ1n) is 6.94. The third kappa shape index (κ3) is 2.59. The first kappa shape index (κ1) is 13.6. The summed E-state index contributed by atoms with van der Waals surface area (Å²) in [5, 5.41) is 3.40. The molecule has 1 aromatic rings. The number of rotatable bonds is 5. The second-order valence-electron chi connectivity index (χ2n) is 5.45. The maximum atomic E-state index is 5.21. The molecule has 0 fully saturated rings. The molecule has 0 radical (unpaired) electrons. The van der Waals surface area contributed by atoms with E-state index >= 15 is 0 Å². The Bertz CT molecular complexity index is 398. The Morgan fingerprint density at radius 1 is 1.39 bits per heavy atom. The predicted octanol–water partition coefficient (Wildman–Crippen LogP) is 2.25. The third-order valence-electron chi connectivity index (χ3n) is 3.65. The standard InChI is InChI=1S/C14H25N3O/c1-10(2)14-16-12-9-15-7-5-13(12)17(14)11(3)6-8-18-4/h10-11,15H,5-9H2,1-4H3. The van der Waals surface area contributed by atoms with Crippen LogP contribution < -0.4 is 5.32 Å². The quantitative estimate of drug-likeness (QED) is 0.872. The van der Waals surface area contributed by atoms with Crippen LogP contribution in [0.2, 0.25) is 0 Å². The molecule has 1 unspecified atom stereocenters. The van der Waals surface area contributed by atoms with Gasteiger partial charge in [0.05, 0.1) is 5.69 Å². The van der Waals surface area contributed by atoms with E-state index in [1.165, 1.54) is 17.2 Å². The van der Waals surface area contributed by atoms with E-state index in [-0.39, 0.29) is 0 Å². The zero-order valence-corrected chi connectivity index (χ0v) is 12.0. The van der Waals surface area contributed by atoms with Crippen molar-refractivity contribution in [1.29, 1.82) is 0 Å². The average molecular weight is 251 g/mol. The fraction of sp³-hybridized carbons (Fsp3) is 0.786. The van der Waals surface area contributed by atoms with Gasteiger partial charge in [0.25, 0.3) is 0 Å². The van der Waals surface area contributed by atoms with Crippen LogP contribution in [0.1, 0.15) is 56.4 Å². The molecule has 0 amide bonds. The van der Waals surface area contributed by atoms with Crippen LogP contribution in [0.4, 0.5) is 0 Å². The fourth-order valence-electron chi connectivity index (χ4n) is 2.67. The van der Waals surface area contributed by atoms with Crippen LogP contribution in [0.15, 0.2) is 0 Å². The highest BCUT2D eigenvalue weighted by Crippen LogP contribution is 2.27. The molecular weight excluding hydrogens is 226 g/mol. The summed E-state index contributed by atoms with van der Waals surface area (Å²) >= 11 is 0. The lowest BCUT2D eigenvalue weighted by Gasteiger charge is -2.22. The minimum absolute atomic E-state index is 0.469. The highest BCUT2D eigenvalue weighted by molar-refractivity contribution is 5.22. The van der Waals surface area contributed by atoms with Gasteiger partial charge < -0.3 is 14.6 Å². The lowest BCUT2D eigenvalue weighted by Crippen LogP contribution is -2.26. The van der Waals surface area contributed by atoms with Crippen molar-refractivity contribution in [3.8, 4) is 0 Å². The van der Waals surface area contributed by atoms with Gasteiger partial charge in [-0.15, -0.1) is 0 Å². The first-order chi connectivity index (χ1) is 8.65. The fourth-order valence-corrected chi connectivity index (χ4v) is 2.67. The molecule has 102 valence electrons. The third-order valence-corrected chi connectivity index (χ3v) is 3.65. The molecule has 0 aromatic carbocycles. The van der Waals surface area contributed by atoms with Crippen molar-refractivity contribution >= 4 is 0 Å². The van der Waals surface area contributed by atoms with Gasteiger partial charge in [-0.25, -0.2) is 4.98 Å². The van der Waals surface area contributed by atoms with E-state index in [1.807, 2.05) is 0 Å². The molecule has 2 heterocycles. The Morgan fingerprint density at radius 3 is 2.83 bits per heavy atom. The summed E-state index contributed by atoms with van der Waals surface area (Å²) in [6, 6.07) is 0.469. The summed E-state index contributed by atoms with van der Waals surface area (Å²) in [7, 11) is 1.77. The monoisotopic (exact) mass is 251 g/mol. The molecule has 0 spiro atoms. The van der Waals surface area contributed by atoms with Gasteiger partial charge in [-0.05, 0) is 13.3 Å². The minimum Gasteiger partial charge on any atom is -0.385 e. The number of fused-ring (bicyclic) bond motifs is 1. The molecule has 0 saturated heterocycles. The van der Waals surface area contributed by atoms with E-state index < -0.39 is 0 Å². The molecule has 0 aliphatic carbocycles. The molecule has 0 bridgehead atoms. The van der Waals surface area contributed by atoms with Crippen LogP contribution >= 0.6 is 0 Å². The van der Waals surface area contributed by atoms with E-state index in [0.29, 0.717) is 12.0 Å². The zero-order valence-electron chi connectivity index (χ0n) is 12.0. The van der Waals surface area contributed by atoms with Crippen molar-refractivity contribution in [1.82, 2.24) is 14.9 Å². The molecule has 18 heavy (non-hydrogen) atoms.